The third kappa shape index (κ3) is 3.25. The molecule has 1 N–H and O–H groups in total. The molecule has 0 saturated heterocycles. The topological polar surface area (TPSA) is 67.2 Å². The largest absolute Gasteiger partial charge is 0.335 e. The summed E-state index contributed by atoms with van der Waals surface area (Å²) in [4.78, 5) is 30.3. The fraction of sp³-hybridized carbons (Fsp3) is 0.667. The van der Waals surface area contributed by atoms with Gasteiger partial charge in [0.2, 0.25) is 0 Å². The van der Waals surface area contributed by atoms with Crippen LogP contribution in [0.1, 0.15) is 39.0 Å². The molecule has 1 aromatic rings. The van der Waals surface area contributed by atoms with Crippen LogP contribution in [0.15, 0.2) is 11.1 Å². The summed E-state index contributed by atoms with van der Waals surface area (Å²) in [5.74, 6) is 0. The molecular weight excluding hydrogens is 268 g/mol. The van der Waals surface area contributed by atoms with Crippen LogP contribution >= 0.6 is 0 Å². The van der Waals surface area contributed by atoms with Crippen molar-refractivity contribution in [3.05, 3.63) is 27.9 Å². The quantitative estimate of drug-likeness (QED) is 0.848. The Morgan fingerprint density at radius 1 is 1.43 bits per heavy atom. The molecule has 0 fully saturated rings. The molecule has 0 spiro atoms. The summed E-state index contributed by atoms with van der Waals surface area (Å²) in [6, 6.07) is -0.0199. The third-order valence-electron chi connectivity index (χ3n) is 4.21. The van der Waals surface area contributed by atoms with Crippen molar-refractivity contribution >= 4 is 6.03 Å². The zero-order valence-corrected chi connectivity index (χ0v) is 13.4. The fourth-order valence-corrected chi connectivity index (χ4v) is 2.18. The minimum atomic E-state index is -0.0921. The van der Waals surface area contributed by atoms with E-state index in [1.165, 1.54) is 10.9 Å². The lowest BCUT2D eigenvalue weighted by atomic mass is 9.88. The number of nitrogens with one attached hydrogen (secondary N) is 1. The zero-order valence-electron chi connectivity index (χ0n) is 13.4. The molecule has 1 atom stereocenters. The van der Waals surface area contributed by atoms with Crippen molar-refractivity contribution in [3.63, 3.8) is 0 Å². The monoisotopic (exact) mass is 292 g/mol. The van der Waals surface area contributed by atoms with E-state index in [0.29, 0.717) is 25.2 Å². The molecule has 0 radical (unpaired) electrons. The van der Waals surface area contributed by atoms with Crippen LogP contribution < -0.4 is 10.9 Å². The number of rotatable bonds is 1. The van der Waals surface area contributed by atoms with Crippen LogP contribution in [0.2, 0.25) is 0 Å². The van der Waals surface area contributed by atoms with Gasteiger partial charge in [0.15, 0.2) is 0 Å². The lowest BCUT2D eigenvalue weighted by Crippen LogP contribution is -2.50. The third-order valence-corrected chi connectivity index (χ3v) is 4.21. The van der Waals surface area contributed by atoms with Crippen molar-refractivity contribution in [2.24, 2.45) is 12.5 Å². The van der Waals surface area contributed by atoms with Gasteiger partial charge >= 0.3 is 6.03 Å². The predicted molar refractivity (Wildman–Crippen MR) is 81.0 cm³/mol. The van der Waals surface area contributed by atoms with Crippen molar-refractivity contribution in [1.29, 1.82) is 0 Å². The molecule has 1 aliphatic heterocycles. The second kappa shape index (κ2) is 5.50. The van der Waals surface area contributed by atoms with E-state index in [2.05, 4.69) is 31.1 Å². The minimum absolute atomic E-state index is 0.0110. The van der Waals surface area contributed by atoms with E-state index in [0.717, 1.165) is 5.56 Å². The van der Waals surface area contributed by atoms with Gasteiger partial charge in [-0.15, -0.1) is 0 Å². The average molecular weight is 292 g/mol. The first-order valence-electron chi connectivity index (χ1n) is 7.29. The summed E-state index contributed by atoms with van der Waals surface area (Å²) in [5, 5.41) is 3.02. The molecule has 2 rings (SSSR count). The van der Waals surface area contributed by atoms with Crippen LogP contribution in [-0.4, -0.2) is 33.1 Å². The molecule has 0 aromatic carbocycles. The highest BCUT2D eigenvalue weighted by Crippen LogP contribution is 2.19. The maximum absolute atomic E-state index is 12.3. The Labute approximate surface area is 125 Å². The van der Waals surface area contributed by atoms with Crippen molar-refractivity contribution in [2.75, 3.05) is 6.54 Å². The minimum Gasteiger partial charge on any atom is -0.335 e. The molecule has 2 amide bonds. The van der Waals surface area contributed by atoms with E-state index in [1.807, 2.05) is 6.92 Å². The molecule has 6 nitrogen and oxygen atoms in total. The molecular formula is C15H24N4O2. The molecule has 0 aliphatic carbocycles. The van der Waals surface area contributed by atoms with Gasteiger partial charge in [-0.2, -0.15) is 0 Å². The number of hydrogen-bond acceptors (Lipinski definition) is 3. The van der Waals surface area contributed by atoms with Crippen LogP contribution in [0.5, 0.6) is 0 Å². The summed E-state index contributed by atoms with van der Waals surface area (Å²) in [6.07, 6.45) is 2.08. The van der Waals surface area contributed by atoms with E-state index in [-0.39, 0.29) is 23.0 Å². The van der Waals surface area contributed by atoms with Gasteiger partial charge in [0, 0.05) is 25.2 Å². The van der Waals surface area contributed by atoms with Crippen molar-refractivity contribution in [3.8, 4) is 0 Å². The summed E-state index contributed by atoms with van der Waals surface area (Å²) < 4.78 is 1.48. The number of carbonyl (C=O) groups is 1. The van der Waals surface area contributed by atoms with Gasteiger partial charge in [0.25, 0.3) is 5.56 Å². The van der Waals surface area contributed by atoms with Crippen molar-refractivity contribution in [2.45, 2.75) is 46.7 Å². The van der Waals surface area contributed by atoms with Gasteiger partial charge in [0.05, 0.1) is 18.6 Å². The number of aromatic nitrogens is 2. The number of aryl methyl sites for hydroxylation is 1. The van der Waals surface area contributed by atoms with E-state index in [4.69, 9.17) is 0 Å². The smallest absolute Gasteiger partial charge is 0.317 e. The molecule has 2 heterocycles. The molecule has 21 heavy (non-hydrogen) atoms. The van der Waals surface area contributed by atoms with Crippen LogP contribution in [-0.2, 0) is 20.0 Å². The molecule has 1 aromatic heterocycles. The Morgan fingerprint density at radius 3 is 2.71 bits per heavy atom. The van der Waals surface area contributed by atoms with Gasteiger partial charge in [-0.1, -0.05) is 20.8 Å². The molecule has 116 valence electrons. The predicted octanol–water partition coefficient (Wildman–Crippen LogP) is 1.28. The molecule has 0 bridgehead atoms. The normalized spacial score (nSPS) is 16.3. The summed E-state index contributed by atoms with van der Waals surface area (Å²) >= 11 is 0. The van der Waals surface area contributed by atoms with Gasteiger partial charge in [-0.3, -0.25) is 4.79 Å². The average Bonchev–Trinajstić information content (AvgIpc) is 2.41. The van der Waals surface area contributed by atoms with Crippen LogP contribution in [0.3, 0.4) is 0 Å². The highest BCUT2D eigenvalue weighted by Gasteiger charge is 2.27. The van der Waals surface area contributed by atoms with E-state index >= 15 is 0 Å². The second-order valence-electron chi connectivity index (χ2n) is 6.79. The summed E-state index contributed by atoms with van der Waals surface area (Å²) in [5.41, 5.74) is 1.44. The van der Waals surface area contributed by atoms with E-state index in [9.17, 15) is 9.59 Å². The Kier molecular flexibility index (Phi) is 4.07. The number of carbonyl (C=O) groups excluding carboxylic acids is 1. The first kappa shape index (κ1) is 15.5. The lowest BCUT2D eigenvalue weighted by Gasteiger charge is -2.33. The first-order chi connectivity index (χ1) is 9.70. The first-order valence-corrected chi connectivity index (χ1v) is 7.29. The van der Waals surface area contributed by atoms with Crippen LogP contribution in [0, 0.1) is 5.41 Å². The maximum Gasteiger partial charge on any atom is 0.317 e. The van der Waals surface area contributed by atoms with E-state index in [1.54, 1.807) is 11.9 Å². The SMILES string of the molecule is CC(NC(=O)N1CCc2c(ncn(C)c2=O)C1)C(C)(C)C. The van der Waals surface area contributed by atoms with Gasteiger partial charge < -0.3 is 14.8 Å². The highest BCUT2D eigenvalue weighted by atomic mass is 16.2. The Bertz CT molecular complexity index is 601. The van der Waals surface area contributed by atoms with Crippen molar-refractivity contribution in [1.82, 2.24) is 19.8 Å². The highest BCUT2D eigenvalue weighted by molar-refractivity contribution is 5.74. The summed E-state index contributed by atoms with van der Waals surface area (Å²) in [7, 11) is 1.69. The summed E-state index contributed by atoms with van der Waals surface area (Å²) in [6.45, 7) is 9.23. The number of urea groups is 1. The zero-order chi connectivity index (χ0) is 15.8. The van der Waals surface area contributed by atoms with Gasteiger partial charge in [0.1, 0.15) is 0 Å². The fourth-order valence-electron chi connectivity index (χ4n) is 2.18. The standard InChI is InChI=1S/C15H24N4O2/c1-10(15(2,3)4)17-14(21)19-7-6-11-12(8-19)16-9-18(5)13(11)20/h9-10H,6-8H2,1-5H3,(H,17,21). The van der Waals surface area contributed by atoms with Crippen molar-refractivity contribution < 1.29 is 4.79 Å². The number of amides is 2. The molecule has 6 heteroatoms. The Morgan fingerprint density at radius 2 is 2.10 bits per heavy atom. The lowest BCUT2D eigenvalue weighted by molar-refractivity contribution is 0.176. The second-order valence-corrected chi connectivity index (χ2v) is 6.79. The number of fused-ring (bicyclic) bond motifs is 1. The Balaban J connectivity index is 2.10. The van der Waals surface area contributed by atoms with E-state index < -0.39 is 0 Å². The Hall–Kier alpha value is -1.85. The molecule has 1 aliphatic rings. The van der Waals surface area contributed by atoms with Crippen LogP contribution in [0.4, 0.5) is 4.79 Å². The molecule has 1 unspecified atom stereocenters. The number of nitrogens with zero attached hydrogens (tertiary/aromatic N) is 3. The molecule has 0 saturated carbocycles. The maximum atomic E-state index is 12.3. The van der Waals surface area contributed by atoms with Crippen LogP contribution in [0.25, 0.3) is 0 Å². The number of hydrogen-bond donors (Lipinski definition) is 1. The van der Waals surface area contributed by atoms with Gasteiger partial charge in [-0.05, 0) is 18.8 Å². The van der Waals surface area contributed by atoms with Gasteiger partial charge in [-0.25, -0.2) is 9.78 Å².